The van der Waals surface area contributed by atoms with Crippen LogP contribution in [-0.2, 0) is 4.74 Å². The van der Waals surface area contributed by atoms with E-state index in [1.54, 1.807) is 0 Å². The number of halogens is 3. The molecule has 0 spiro atoms. The van der Waals surface area contributed by atoms with Crippen LogP contribution in [-0.4, -0.2) is 26.0 Å². The summed E-state index contributed by atoms with van der Waals surface area (Å²) in [4.78, 5) is 24.8. The molecule has 0 fully saturated rings. The summed E-state index contributed by atoms with van der Waals surface area (Å²) in [5, 5.41) is 2.66. The molecule has 0 atom stereocenters. The van der Waals surface area contributed by atoms with Gasteiger partial charge in [-0.15, -0.1) is 0 Å². The van der Waals surface area contributed by atoms with Gasteiger partial charge in [-0.05, 0) is 48.5 Å². The molecule has 30 heavy (non-hydrogen) atoms. The van der Waals surface area contributed by atoms with Crippen LogP contribution in [0.15, 0.2) is 54.6 Å². The molecule has 0 aromatic heterocycles. The summed E-state index contributed by atoms with van der Waals surface area (Å²) < 4.78 is 37.6. The second kappa shape index (κ2) is 8.92. The van der Waals surface area contributed by atoms with Crippen LogP contribution in [0.2, 0.25) is 5.02 Å². The molecule has 5 nitrogen and oxygen atoms in total. The minimum atomic E-state index is -0.768. The van der Waals surface area contributed by atoms with Crippen LogP contribution < -0.4 is 10.1 Å². The van der Waals surface area contributed by atoms with E-state index in [0.29, 0.717) is 0 Å². The standard InChI is InChI=1S/C22H16ClF2NO4/c1-29-19-9-6-12(22(28)30-2)10-15(19)21(27)14-8-7-13(11-16(14)23)26-20-17(24)4-3-5-18(20)25/h3-11,26H,1-2H3. The third kappa shape index (κ3) is 4.26. The zero-order valence-corrected chi connectivity index (χ0v) is 16.7. The van der Waals surface area contributed by atoms with Gasteiger partial charge < -0.3 is 14.8 Å². The maximum Gasteiger partial charge on any atom is 0.337 e. The second-order valence-corrected chi connectivity index (χ2v) is 6.56. The SMILES string of the molecule is COC(=O)c1ccc(OC)c(C(=O)c2ccc(Nc3c(F)cccc3F)cc2Cl)c1. The fraction of sp³-hybridized carbons (Fsp3) is 0.0909. The number of hydrogen-bond acceptors (Lipinski definition) is 5. The first-order chi connectivity index (χ1) is 14.3. The second-order valence-electron chi connectivity index (χ2n) is 6.15. The summed E-state index contributed by atoms with van der Waals surface area (Å²) >= 11 is 6.26. The van der Waals surface area contributed by atoms with Gasteiger partial charge in [-0.1, -0.05) is 17.7 Å². The summed E-state index contributed by atoms with van der Waals surface area (Å²) in [5.41, 5.74) is 0.363. The van der Waals surface area contributed by atoms with E-state index >= 15 is 0 Å². The van der Waals surface area contributed by atoms with Crippen LogP contribution in [0.1, 0.15) is 26.3 Å². The summed E-state index contributed by atoms with van der Waals surface area (Å²) in [6.07, 6.45) is 0. The van der Waals surface area contributed by atoms with E-state index in [-0.39, 0.29) is 38.8 Å². The zero-order valence-electron chi connectivity index (χ0n) is 16.0. The first kappa shape index (κ1) is 21.3. The average Bonchev–Trinajstić information content (AvgIpc) is 2.75. The van der Waals surface area contributed by atoms with Gasteiger partial charge in [0.15, 0.2) is 5.78 Å². The molecule has 3 rings (SSSR count). The summed E-state index contributed by atoms with van der Waals surface area (Å²) in [7, 11) is 2.62. The Kier molecular flexibility index (Phi) is 6.32. The van der Waals surface area contributed by atoms with Gasteiger partial charge in [0, 0.05) is 11.3 Å². The van der Waals surface area contributed by atoms with E-state index in [1.807, 2.05) is 0 Å². The van der Waals surface area contributed by atoms with Crippen molar-refractivity contribution >= 4 is 34.7 Å². The number of carbonyl (C=O) groups excluding carboxylic acids is 2. The fourth-order valence-corrected chi connectivity index (χ4v) is 3.08. The van der Waals surface area contributed by atoms with E-state index in [2.05, 4.69) is 10.1 Å². The zero-order chi connectivity index (χ0) is 21.8. The number of ether oxygens (including phenoxy) is 2. The van der Waals surface area contributed by atoms with Crippen molar-refractivity contribution in [1.82, 2.24) is 0 Å². The number of esters is 1. The Morgan fingerprint density at radius 1 is 0.933 bits per heavy atom. The van der Waals surface area contributed by atoms with Gasteiger partial charge in [-0.3, -0.25) is 4.79 Å². The van der Waals surface area contributed by atoms with Crippen LogP contribution in [0.4, 0.5) is 20.2 Å². The van der Waals surface area contributed by atoms with Gasteiger partial charge in [0.2, 0.25) is 0 Å². The van der Waals surface area contributed by atoms with Crippen molar-refractivity contribution in [3.05, 3.63) is 87.9 Å². The summed E-state index contributed by atoms with van der Waals surface area (Å²) in [6, 6.07) is 12.0. The molecular weight excluding hydrogens is 416 g/mol. The Hall–Kier alpha value is -3.45. The molecule has 0 aliphatic carbocycles. The van der Waals surface area contributed by atoms with E-state index < -0.39 is 23.4 Å². The smallest absolute Gasteiger partial charge is 0.337 e. The van der Waals surface area contributed by atoms with Crippen molar-refractivity contribution in [2.45, 2.75) is 0 Å². The number of carbonyl (C=O) groups is 2. The molecule has 0 saturated carbocycles. The normalized spacial score (nSPS) is 10.4. The van der Waals surface area contributed by atoms with Crippen molar-refractivity contribution in [2.24, 2.45) is 0 Å². The van der Waals surface area contributed by atoms with Crippen LogP contribution in [0.5, 0.6) is 5.75 Å². The van der Waals surface area contributed by atoms with Gasteiger partial charge in [0.1, 0.15) is 23.1 Å². The molecule has 3 aromatic rings. The van der Waals surface area contributed by atoms with E-state index in [1.165, 1.54) is 56.7 Å². The van der Waals surface area contributed by atoms with Gasteiger partial charge in [0.25, 0.3) is 0 Å². The highest BCUT2D eigenvalue weighted by Gasteiger charge is 2.20. The molecule has 0 saturated heterocycles. The maximum absolute atomic E-state index is 13.8. The summed E-state index contributed by atoms with van der Waals surface area (Å²) in [5.74, 6) is -2.39. The van der Waals surface area contributed by atoms with Crippen molar-refractivity contribution in [3.63, 3.8) is 0 Å². The first-order valence-corrected chi connectivity index (χ1v) is 9.05. The highest BCUT2D eigenvalue weighted by atomic mass is 35.5. The van der Waals surface area contributed by atoms with E-state index in [0.717, 1.165) is 12.1 Å². The number of anilines is 2. The van der Waals surface area contributed by atoms with Crippen molar-refractivity contribution in [1.29, 1.82) is 0 Å². The maximum atomic E-state index is 13.8. The highest BCUT2D eigenvalue weighted by Crippen LogP contribution is 2.30. The molecule has 3 aromatic carbocycles. The molecule has 0 radical (unpaired) electrons. The molecule has 0 unspecified atom stereocenters. The lowest BCUT2D eigenvalue weighted by molar-refractivity contribution is 0.0600. The Morgan fingerprint density at radius 2 is 1.63 bits per heavy atom. The minimum absolute atomic E-state index is 0.0484. The van der Waals surface area contributed by atoms with Crippen LogP contribution >= 0.6 is 11.6 Å². The number of methoxy groups -OCH3 is 2. The van der Waals surface area contributed by atoms with Gasteiger partial charge in [-0.2, -0.15) is 0 Å². The first-order valence-electron chi connectivity index (χ1n) is 8.67. The molecule has 0 heterocycles. The largest absolute Gasteiger partial charge is 0.496 e. The predicted molar refractivity (Wildman–Crippen MR) is 109 cm³/mol. The van der Waals surface area contributed by atoms with Crippen LogP contribution in [0, 0.1) is 11.6 Å². The average molecular weight is 432 g/mol. The number of rotatable bonds is 6. The molecule has 8 heteroatoms. The third-order valence-corrected chi connectivity index (χ3v) is 4.62. The van der Waals surface area contributed by atoms with E-state index in [4.69, 9.17) is 16.3 Å². The Balaban J connectivity index is 1.95. The molecule has 154 valence electrons. The number of para-hydroxylation sites is 1. The molecule has 0 aliphatic rings. The number of nitrogens with one attached hydrogen (secondary N) is 1. The lowest BCUT2D eigenvalue weighted by Gasteiger charge is -2.12. The van der Waals surface area contributed by atoms with Crippen molar-refractivity contribution in [2.75, 3.05) is 19.5 Å². The van der Waals surface area contributed by atoms with Crippen LogP contribution in [0.3, 0.4) is 0 Å². The molecule has 0 bridgehead atoms. The third-order valence-electron chi connectivity index (χ3n) is 4.31. The van der Waals surface area contributed by atoms with Crippen molar-refractivity contribution in [3.8, 4) is 5.75 Å². The molecule has 0 aliphatic heterocycles. The lowest BCUT2D eigenvalue weighted by atomic mass is 9.99. The highest BCUT2D eigenvalue weighted by molar-refractivity contribution is 6.35. The Morgan fingerprint density at radius 3 is 2.23 bits per heavy atom. The minimum Gasteiger partial charge on any atom is -0.496 e. The van der Waals surface area contributed by atoms with Gasteiger partial charge in [0.05, 0.1) is 30.4 Å². The number of benzene rings is 3. The van der Waals surface area contributed by atoms with Gasteiger partial charge in [-0.25, -0.2) is 13.6 Å². The molecule has 0 amide bonds. The number of hydrogen-bond donors (Lipinski definition) is 1. The quantitative estimate of drug-likeness (QED) is 0.419. The topological polar surface area (TPSA) is 64.6 Å². The molecule has 1 N–H and O–H groups in total. The number of ketones is 1. The summed E-state index contributed by atoms with van der Waals surface area (Å²) in [6.45, 7) is 0. The predicted octanol–water partition coefficient (Wildman–Crippen LogP) is 5.39. The van der Waals surface area contributed by atoms with Crippen LogP contribution in [0.25, 0.3) is 0 Å². The molecular formula is C22H16ClF2NO4. The Bertz CT molecular complexity index is 1110. The lowest BCUT2D eigenvalue weighted by Crippen LogP contribution is -2.09. The monoisotopic (exact) mass is 431 g/mol. The fourth-order valence-electron chi connectivity index (χ4n) is 2.81. The Labute approximate surface area is 176 Å². The van der Waals surface area contributed by atoms with E-state index in [9.17, 15) is 18.4 Å². The van der Waals surface area contributed by atoms with Gasteiger partial charge >= 0.3 is 5.97 Å². The van der Waals surface area contributed by atoms with Crippen molar-refractivity contribution < 1.29 is 27.8 Å².